The van der Waals surface area contributed by atoms with Crippen LogP contribution in [0.25, 0.3) is 33.3 Å². The van der Waals surface area contributed by atoms with Gasteiger partial charge in [0.05, 0.1) is 16.6 Å². The number of hydrogen-bond donors (Lipinski definition) is 3. The van der Waals surface area contributed by atoms with Gasteiger partial charge in [-0.2, -0.15) is 10.2 Å². The lowest BCUT2D eigenvalue weighted by Gasteiger charge is -2.12. The molecule has 0 fully saturated rings. The number of benzene rings is 3. The maximum Gasteiger partial charge on any atom is 0.238 e. The lowest BCUT2D eigenvalue weighted by Crippen LogP contribution is -2.11. The number of fused-ring (bicyclic) bond motifs is 1. The number of sulfonamides is 1. The van der Waals surface area contributed by atoms with Crippen molar-refractivity contribution < 1.29 is 8.42 Å². The highest BCUT2D eigenvalue weighted by atomic mass is 32.2. The first-order chi connectivity index (χ1) is 15.4. The van der Waals surface area contributed by atoms with Crippen molar-refractivity contribution in [1.29, 1.82) is 0 Å². The Morgan fingerprint density at radius 3 is 2.53 bits per heavy atom. The highest BCUT2D eigenvalue weighted by molar-refractivity contribution is 7.89. The van der Waals surface area contributed by atoms with Gasteiger partial charge in [0.25, 0.3) is 0 Å². The summed E-state index contributed by atoms with van der Waals surface area (Å²) in [7, 11) is -1.94. The summed E-state index contributed by atoms with van der Waals surface area (Å²) in [6.07, 6.45) is 3.76. The summed E-state index contributed by atoms with van der Waals surface area (Å²) in [6, 6.07) is 20.4. The van der Waals surface area contributed by atoms with Crippen LogP contribution in [-0.4, -0.2) is 28.4 Å². The van der Waals surface area contributed by atoms with Gasteiger partial charge in [-0.05, 0) is 36.4 Å². The van der Waals surface area contributed by atoms with Crippen LogP contribution >= 0.6 is 0 Å². The number of aryl methyl sites for hydroxylation is 1. The van der Waals surface area contributed by atoms with Gasteiger partial charge < -0.3 is 5.32 Å². The molecule has 0 radical (unpaired) electrons. The highest BCUT2D eigenvalue weighted by Crippen LogP contribution is 2.37. The molecule has 8 nitrogen and oxygen atoms in total. The Morgan fingerprint density at radius 1 is 1.00 bits per heavy atom. The average molecular weight is 445 g/mol. The molecule has 3 aromatic carbocycles. The van der Waals surface area contributed by atoms with Crippen LogP contribution in [0.5, 0.6) is 0 Å². The number of para-hydroxylation sites is 1. The zero-order chi connectivity index (χ0) is 22.3. The summed E-state index contributed by atoms with van der Waals surface area (Å²) < 4.78 is 25.4. The molecule has 0 amide bonds. The fourth-order valence-electron chi connectivity index (χ4n) is 3.68. The number of nitrogens with one attached hydrogen (secondary N) is 2. The van der Waals surface area contributed by atoms with Crippen LogP contribution < -0.4 is 10.5 Å². The second kappa shape index (κ2) is 7.63. The van der Waals surface area contributed by atoms with Gasteiger partial charge >= 0.3 is 0 Å². The summed E-state index contributed by atoms with van der Waals surface area (Å²) >= 11 is 0. The molecular formula is C23H20N6O2S. The monoisotopic (exact) mass is 444 g/mol. The molecule has 0 unspecified atom stereocenters. The van der Waals surface area contributed by atoms with Crippen LogP contribution in [0.3, 0.4) is 0 Å². The molecule has 2 aromatic heterocycles. The molecule has 4 N–H and O–H groups in total. The van der Waals surface area contributed by atoms with Gasteiger partial charge in [-0.1, -0.05) is 30.3 Å². The molecule has 160 valence electrons. The van der Waals surface area contributed by atoms with Crippen LogP contribution in [-0.2, 0) is 17.1 Å². The predicted molar refractivity (Wildman–Crippen MR) is 125 cm³/mol. The molecule has 5 aromatic rings. The van der Waals surface area contributed by atoms with E-state index in [1.165, 1.54) is 12.1 Å². The topological polar surface area (TPSA) is 119 Å². The minimum absolute atomic E-state index is 0.0424. The van der Waals surface area contributed by atoms with Crippen LogP contribution in [0, 0.1) is 0 Å². The fraction of sp³-hybridized carbons (Fsp3) is 0.0435. The van der Waals surface area contributed by atoms with Crippen molar-refractivity contribution in [3.63, 3.8) is 0 Å². The highest BCUT2D eigenvalue weighted by Gasteiger charge is 2.16. The van der Waals surface area contributed by atoms with Crippen molar-refractivity contribution in [1.82, 2.24) is 20.0 Å². The van der Waals surface area contributed by atoms with Crippen LogP contribution in [0.15, 0.2) is 84.0 Å². The van der Waals surface area contributed by atoms with Crippen molar-refractivity contribution in [2.45, 2.75) is 4.90 Å². The van der Waals surface area contributed by atoms with E-state index in [4.69, 9.17) is 5.14 Å². The number of nitrogens with two attached hydrogens (primary N) is 1. The van der Waals surface area contributed by atoms with E-state index >= 15 is 0 Å². The Bertz CT molecular complexity index is 1540. The number of hydrogen-bond acceptors (Lipinski definition) is 5. The fourth-order valence-corrected chi connectivity index (χ4v) is 4.24. The Hall–Kier alpha value is -3.95. The molecule has 2 heterocycles. The van der Waals surface area contributed by atoms with Crippen molar-refractivity contribution >= 4 is 32.3 Å². The van der Waals surface area contributed by atoms with Crippen molar-refractivity contribution in [3.05, 3.63) is 79.1 Å². The molecule has 9 heteroatoms. The molecule has 0 spiro atoms. The largest absolute Gasteiger partial charge is 0.355 e. The Labute approximate surface area is 184 Å². The van der Waals surface area contributed by atoms with Crippen LogP contribution in [0.4, 0.5) is 11.4 Å². The van der Waals surface area contributed by atoms with Gasteiger partial charge in [-0.15, -0.1) is 0 Å². The molecule has 0 bridgehead atoms. The van der Waals surface area contributed by atoms with E-state index in [2.05, 4.69) is 20.6 Å². The maximum atomic E-state index is 11.8. The lowest BCUT2D eigenvalue weighted by molar-refractivity contribution is 0.598. The Kier molecular flexibility index (Phi) is 4.76. The van der Waals surface area contributed by atoms with Crippen molar-refractivity contribution in [2.24, 2.45) is 12.2 Å². The van der Waals surface area contributed by atoms with Crippen LogP contribution in [0.1, 0.15) is 0 Å². The van der Waals surface area contributed by atoms with Gasteiger partial charge in [0.1, 0.15) is 5.69 Å². The van der Waals surface area contributed by atoms with Gasteiger partial charge in [0.2, 0.25) is 10.0 Å². The molecule has 0 saturated carbocycles. The van der Waals surface area contributed by atoms with Gasteiger partial charge in [0, 0.05) is 46.7 Å². The van der Waals surface area contributed by atoms with E-state index in [1.807, 2.05) is 68.0 Å². The summed E-state index contributed by atoms with van der Waals surface area (Å²) in [5.41, 5.74) is 5.85. The normalized spacial score (nSPS) is 11.7. The molecule has 0 aliphatic heterocycles. The molecular weight excluding hydrogens is 424 g/mol. The third-order valence-corrected chi connectivity index (χ3v) is 6.12. The van der Waals surface area contributed by atoms with Crippen LogP contribution in [0.2, 0.25) is 0 Å². The first-order valence-electron chi connectivity index (χ1n) is 9.85. The zero-order valence-corrected chi connectivity index (χ0v) is 18.0. The van der Waals surface area contributed by atoms with E-state index in [9.17, 15) is 8.42 Å². The lowest BCUT2D eigenvalue weighted by atomic mass is 10.0. The van der Waals surface area contributed by atoms with E-state index in [0.717, 1.165) is 33.4 Å². The number of nitrogens with zero attached hydrogens (tertiary/aromatic N) is 3. The minimum atomic E-state index is -3.82. The third kappa shape index (κ3) is 3.75. The molecule has 0 aliphatic rings. The molecule has 0 aliphatic carbocycles. The van der Waals surface area contributed by atoms with Gasteiger partial charge in [-0.3, -0.25) is 9.78 Å². The number of aromatic nitrogens is 4. The maximum absolute atomic E-state index is 11.8. The van der Waals surface area contributed by atoms with E-state index < -0.39 is 10.0 Å². The predicted octanol–water partition coefficient (Wildman–Crippen LogP) is 4.02. The Balaban J connectivity index is 1.69. The third-order valence-electron chi connectivity index (χ3n) is 5.21. The number of rotatable bonds is 5. The Morgan fingerprint density at radius 2 is 1.81 bits per heavy atom. The molecule has 0 atom stereocenters. The van der Waals surface area contributed by atoms with Crippen molar-refractivity contribution in [3.8, 4) is 22.4 Å². The quantitative estimate of drug-likeness (QED) is 0.378. The average Bonchev–Trinajstić information content (AvgIpc) is 3.39. The zero-order valence-electron chi connectivity index (χ0n) is 17.1. The standard InChI is InChI=1S/C23H20N6O2S/c1-29-14-16(13-25-29)19-11-22-20(12-21(19)26-17-7-3-2-4-8-17)23(28-27-22)15-6-5-9-18(10-15)32(24,30)31/h2-14,26H,1H3,(H,27,28)(H2,24,30,31). The van der Waals surface area contributed by atoms with E-state index in [0.29, 0.717) is 11.3 Å². The summed E-state index contributed by atoms with van der Waals surface area (Å²) in [5.74, 6) is 0. The number of primary sulfonamides is 1. The number of H-pyrrole nitrogens is 1. The van der Waals surface area contributed by atoms with E-state index in [1.54, 1.807) is 10.7 Å². The summed E-state index contributed by atoms with van der Waals surface area (Å²) in [6.45, 7) is 0. The van der Waals surface area contributed by atoms with Crippen molar-refractivity contribution in [2.75, 3.05) is 5.32 Å². The van der Waals surface area contributed by atoms with Gasteiger partial charge in [-0.25, -0.2) is 13.6 Å². The smallest absolute Gasteiger partial charge is 0.238 e. The van der Waals surface area contributed by atoms with Gasteiger partial charge in [0.15, 0.2) is 0 Å². The summed E-state index contributed by atoms with van der Waals surface area (Å²) in [4.78, 5) is 0.0424. The molecule has 32 heavy (non-hydrogen) atoms. The molecule has 0 saturated heterocycles. The summed E-state index contributed by atoms with van der Waals surface area (Å²) in [5, 5.41) is 21.5. The first kappa shape index (κ1) is 20.0. The second-order valence-electron chi connectivity index (χ2n) is 7.48. The second-order valence-corrected chi connectivity index (χ2v) is 9.04. The number of aromatic amines is 1. The molecule has 5 rings (SSSR count). The first-order valence-corrected chi connectivity index (χ1v) is 11.4. The SMILES string of the molecule is Cn1cc(-c2cc3[nH]nc(-c4cccc(S(N)(=O)=O)c4)c3cc2Nc2ccccc2)cn1. The number of anilines is 2. The van der Waals surface area contributed by atoms with E-state index in [-0.39, 0.29) is 4.90 Å². The minimum Gasteiger partial charge on any atom is -0.355 e.